The summed E-state index contributed by atoms with van der Waals surface area (Å²) in [6.07, 6.45) is 2.16. The Balaban J connectivity index is 1.79. The Morgan fingerprint density at radius 2 is 1.71 bits per heavy atom. The maximum absolute atomic E-state index is 5.55. The summed E-state index contributed by atoms with van der Waals surface area (Å²) < 4.78 is 11.0. The third kappa shape index (κ3) is 2.39. The minimum Gasteiger partial charge on any atom is -0.493 e. The summed E-state index contributed by atoms with van der Waals surface area (Å²) in [5.74, 6) is 1.68. The standard InChI is InChI=1S/C21H25NO2/c1-13-7-14(2)18-12-22-6-5-15-10-20(23-3)21(24-4)11-17(15)19(22)9-16(18)8-13/h7-8,10-11,19H,5-6,9,12H2,1-4H3. The fourth-order valence-electron chi connectivity index (χ4n) is 4.41. The highest BCUT2D eigenvalue weighted by Gasteiger charge is 2.33. The Kier molecular flexibility index (Phi) is 3.76. The summed E-state index contributed by atoms with van der Waals surface area (Å²) >= 11 is 0. The molecule has 0 bridgehead atoms. The van der Waals surface area contributed by atoms with Gasteiger partial charge in [-0.15, -0.1) is 0 Å². The molecule has 0 spiro atoms. The molecule has 0 saturated heterocycles. The van der Waals surface area contributed by atoms with E-state index in [-0.39, 0.29) is 0 Å². The smallest absolute Gasteiger partial charge is 0.161 e. The van der Waals surface area contributed by atoms with E-state index in [9.17, 15) is 0 Å². The zero-order valence-corrected chi connectivity index (χ0v) is 15.0. The van der Waals surface area contributed by atoms with Crippen molar-refractivity contribution in [1.29, 1.82) is 0 Å². The Labute approximate surface area is 144 Å². The van der Waals surface area contributed by atoms with E-state index in [1.54, 1.807) is 14.2 Å². The number of hydrogen-bond donors (Lipinski definition) is 0. The second kappa shape index (κ2) is 5.82. The van der Waals surface area contributed by atoms with Crippen LogP contribution in [-0.2, 0) is 19.4 Å². The Bertz CT molecular complexity index is 797. The largest absolute Gasteiger partial charge is 0.493 e. The second-order valence-corrected chi connectivity index (χ2v) is 7.07. The van der Waals surface area contributed by atoms with Crippen LogP contribution in [-0.4, -0.2) is 25.7 Å². The molecule has 2 aliphatic heterocycles. The molecular weight excluding hydrogens is 298 g/mol. The minimum atomic E-state index is 0.447. The lowest BCUT2D eigenvalue weighted by Gasteiger charge is -2.42. The van der Waals surface area contributed by atoms with Gasteiger partial charge in [0.05, 0.1) is 14.2 Å². The van der Waals surface area contributed by atoms with Crippen LogP contribution in [0.3, 0.4) is 0 Å². The van der Waals surface area contributed by atoms with E-state index in [1.165, 1.54) is 33.4 Å². The SMILES string of the molecule is COc1cc2c(cc1OC)C1Cc3cc(C)cc(C)c3CN1CC2. The molecule has 0 aromatic heterocycles. The minimum absolute atomic E-state index is 0.447. The molecule has 0 radical (unpaired) electrons. The molecule has 2 heterocycles. The number of benzene rings is 2. The molecule has 0 fully saturated rings. The number of nitrogens with zero attached hydrogens (tertiary/aromatic N) is 1. The molecule has 3 heteroatoms. The van der Waals surface area contributed by atoms with E-state index in [2.05, 4.69) is 43.0 Å². The van der Waals surface area contributed by atoms with E-state index in [0.717, 1.165) is 37.4 Å². The number of hydrogen-bond acceptors (Lipinski definition) is 3. The Hall–Kier alpha value is -2.00. The lowest BCUT2D eigenvalue weighted by Crippen LogP contribution is -2.39. The van der Waals surface area contributed by atoms with Crippen molar-refractivity contribution in [3.05, 3.63) is 57.6 Å². The van der Waals surface area contributed by atoms with Crippen molar-refractivity contribution in [3.63, 3.8) is 0 Å². The summed E-state index contributed by atoms with van der Waals surface area (Å²) in [5, 5.41) is 0. The number of methoxy groups -OCH3 is 2. The highest BCUT2D eigenvalue weighted by Crippen LogP contribution is 2.42. The van der Waals surface area contributed by atoms with E-state index < -0.39 is 0 Å². The molecule has 0 amide bonds. The van der Waals surface area contributed by atoms with Crippen molar-refractivity contribution < 1.29 is 9.47 Å². The van der Waals surface area contributed by atoms with Crippen molar-refractivity contribution in [2.24, 2.45) is 0 Å². The number of ether oxygens (including phenoxy) is 2. The number of aryl methyl sites for hydroxylation is 2. The third-order valence-corrected chi connectivity index (χ3v) is 5.60. The lowest BCUT2D eigenvalue weighted by molar-refractivity contribution is 0.160. The fraction of sp³-hybridized carbons (Fsp3) is 0.429. The first kappa shape index (κ1) is 15.5. The van der Waals surface area contributed by atoms with Crippen LogP contribution >= 0.6 is 0 Å². The third-order valence-electron chi connectivity index (χ3n) is 5.60. The molecular formula is C21H25NO2. The molecule has 126 valence electrons. The highest BCUT2D eigenvalue weighted by atomic mass is 16.5. The van der Waals surface area contributed by atoms with Crippen LogP contribution in [0.2, 0.25) is 0 Å². The first-order valence-electron chi connectivity index (χ1n) is 8.68. The quantitative estimate of drug-likeness (QED) is 0.834. The van der Waals surface area contributed by atoms with Crippen LogP contribution in [0, 0.1) is 13.8 Å². The van der Waals surface area contributed by atoms with Gasteiger partial charge in [0.1, 0.15) is 0 Å². The van der Waals surface area contributed by atoms with Crippen LogP contribution in [0.5, 0.6) is 11.5 Å². The van der Waals surface area contributed by atoms with Gasteiger partial charge in [0.2, 0.25) is 0 Å². The topological polar surface area (TPSA) is 21.7 Å². The van der Waals surface area contributed by atoms with Crippen LogP contribution < -0.4 is 9.47 Å². The number of fused-ring (bicyclic) bond motifs is 4. The molecule has 2 aromatic carbocycles. The normalized spacial score (nSPS) is 19.2. The van der Waals surface area contributed by atoms with E-state index in [1.807, 2.05) is 0 Å². The van der Waals surface area contributed by atoms with Crippen LogP contribution in [0.4, 0.5) is 0 Å². The summed E-state index contributed by atoms with van der Waals surface area (Å²) in [4.78, 5) is 2.62. The highest BCUT2D eigenvalue weighted by molar-refractivity contribution is 5.51. The Morgan fingerprint density at radius 1 is 0.958 bits per heavy atom. The molecule has 0 saturated carbocycles. The van der Waals surface area contributed by atoms with Gasteiger partial charge >= 0.3 is 0 Å². The summed E-state index contributed by atoms with van der Waals surface area (Å²) in [5.41, 5.74) is 8.65. The summed E-state index contributed by atoms with van der Waals surface area (Å²) in [6.45, 7) is 6.61. The first-order chi connectivity index (χ1) is 11.6. The Morgan fingerprint density at radius 3 is 2.46 bits per heavy atom. The maximum atomic E-state index is 5.55. The average molecular weight is 323 g/mol. The summed E-state index contributed by atoms with van der Waals surface area (Å²) in [6, 6.07) is 9.49. The van der Waals surface area contributed by atoms with Gasteiger partial charge in [-0.2, -0.15) is 0 Å². The second-order valence-electron chi connectivity index (χ2n) is 7.07. The monoisotopic (exact) mass is 323 g/mol. The van der Waals surface area contributed by atoms with Gasteiger partial charge in [0.15, 0.2) is 11.5 Å². The van der Waals surface area contributed by atoms with Crippen molar-refractivity contribution >= 4 is 0 Å². The first-order valence-corrected chi connectivity index (χ1v) is 8.68. The van der Waals surface area contributed by atoms with Crippen LogP contribution in [0.25, 0.3) is 0 Å². The van der Waals surface area contributed by atoms with E-state index >= 15 is 0 Å². The van der Waals surface area contributed by atoms with Gasteiger partial charge in [-0.25, -0.2) is 0 Å². The van der Waals surface area contributed by atoms with Crippen molar-refractivity contribution in [3.8, 4) is 11.5 Å². The summed E-state index contributed by atoms with van der Waals surface area (Å²) in [7, 11) is 3.43. The van der Waals surface area contributed by atoms with Gasteiger partial charge < -0.3 is 9.47 Å². The van der Waals surface area contributed by atoms with Gasteiger partial charge in [0.25, 0.3) is 0 Å². The molecule has 1 unspecified atom stereocenters. The number of rotatable bonds is 2. The molecule has 0 N–H and O–H groups in total. The van der Waals surface area contributed by atoms with Crippen molar-refractivity contribution in [2.75, 3.05) is 20.8 Å². The molecule has 24 heavy (non-hydrogen) atoms. The van der Waals surface area contributed by atoms with Crippen LogP contribution in [0.1, 0.15) is 39.4 Å². The van der Waals surface area contributed by atoms with Gasteiger partial charge in [-0.3, -0.25) is 4.90 Å². The van der Waals surface area contributed by atoms with Crippen molar-refractivity contribution in [1.82, 2.24) is 4.90 Å². The molecule has 0 aliphatic carbocycles. The molecule has 2 aromatic rings. The maximum Gasteiger partial charge on any atom is 0.161 e. The van der Waals surface area contributed by atoms with Gasteiger partial charge in [-0.05, 0) is 66.6 Å². The van der Waals surface area contributed by atoms with Crippen LogP contribution in [0.15, 0.2) is 24.3 Å². The van der Waals surface area contributed by atoms with Gasteiger partial charge in [-0.1, -0.05) is 17.7 Å². The zero-order valence-electron chi connectivity index (χ0n) is 15.0. The lowest BCUT2D eigenvalue weighted by atomic mass is 9.82. The molecule has 3 nitrogen and oxygen atoms in total. The van der Waals surface area contributed by atoms with Crippen molar-refractivity contribution in [2.45, 2.75) is 39.3 Å². The molecule has 2 aliphatic rings. The molecule has 4 rings (SSSR count). The van der Waals surface area contributed by atoms with Gasteiger partial charge in [0, 0.05) is 19.1 Å². The molecule has 1 atom stereocenters. The average Bonchev–Trinajstić information content (AvgIpc) is 2.59. The fourth-order valence-corrected chi connectivity index (χ4v) is 4.41. The predicted octanol–water partition coefficient (Wildman–Crippen LogP) is 3.98. The zero-order chi connectivity index (χ0) is 16.8. The predicted molar refractivity (Wildman–Crippen MR) is 96.0 cm³/mol. The van der Waals surface area contributed by atoms with E-state index in [4.69, 9.17) is 9.47 Å². The van der Waals surface area contributed by atoms with E-state index in [0.29, 0.717) is 6.04 Å².